The number of urea groups is 1. The van der Waals surface area contributed by atoms with Crippen molar-refractivity contribution in [3.8, 4) is 11.5 Å². The Hall–Kier alpha value is -2.80. The van der Waals surface area contributed by atoms with E-state index in [1.807, 2.05) is 41.4 Å². The van der Waals surface area contributed by atoms with Gasteiger partial charge in [-0.25, -0.2) is 4.79 Å². The maximum absolute atomic E-state index is 12.7. The van der Waals surface area contributed by atoms with Gasteiger partial charge in [0.2, 0.25) is 6.79 Å². The molecule has 7 heteroatoms. The van der Waals surface area contributed by atoms with Crippen LogP contribution in [-0.2, 0) is 6.54 Å². The summed E-state index contributed by atoms with van der Waals surface area (Å²) in [6.45, 7) is 3.71. The number of nitrogens with zero attached hydrogens (tertiary/aromatic N) is 3. The number of carbonyl (C=O) groups excluding carboxylic acids is 1. The highest BCUT2D eigenvalue weighted by atomic mass is 16.7. The SMILES string of the molecule is O=C(Nc1ccc2c(c1)OCO2)N1C[C@H]2CCN(Cc3ccccn3)[C@H]2C1. The molecule has 0 bridgehead atoms. The Morgan fingerprint density at radius 3 is 3.00 bits per heavy atom. The molecular formula is C20H22N4O3. The number of rotatable bonds is 3. The smallest absolute Gasteiger partial charge is 0.321 e. The minimum Gasteiger partial charge on any atom is -0.454 e. The van der Waals surface area contributed by atoms with Crippen LogP contribution in [0.5, 0.6) is 11.5 Å². The molecule has 1 aromatic carbocycles. The van der Waals surface area contributed by atoms with E-state index in [2.05, 4.69) is 21.3 Å². The number of amides is 2. The molecule has 27 heavy (non-hydrogen) atoms. The first-order chi connectivity index (χ1) is 13.3. The number of hydrogen-bond donors (Lipinski definition) is 1. The molecule has 7 nitrogen and oxygen atoms in total. The van der Waals surface area contributed by atoms with Crippen molar-refractivity contribution >= 4 is 11.7 Å². The molecule has 3 aliphatic rings. The molecular weight excluding hydrogens is 344 g/mol. The number of pyridine rings is 1. The van der Waals surface area contributed by atoms with E-state index in [1.54, 1.807) is 0 Å². The highest BCUT2D eigenvalue weighted by Crippen LogP contribution is 2.35. The predicted molar refractivity (Wildman–Crippen MR) is 99.7 cm³/mol. The van der Waals surface area contributed by atoms with Crippen molar-refractivity contribution in [3.63, 3.8) is 0 Å². The number of ether oxygens (including phenoxy) is 2. The number of fused-ring (bicyclic) bond motifs is 2. The second-order valence-electron chi connectivity index (χ2n) is 7.31. The number of anilines is 1. The number of aromatic nitrogens is 1. The molecule has 2 atom stereocenters. The summed E-state index contributed by atoms with van der Waals surface area (Å²) in [4.78, 5) is 21.5. The molecule has 4 heterocycles. The van der Waals surface area contributed by atoms with Crippen molar-refractivity contribution in [2.45, 2.75) is 19.0 Å². The van der Waals surface area contributed by atoms with Crippen LogP contribution in [0.15, 0.2) is 42.6 Å². The summed E-state index contributed by atoms with van der Waals surface area (Å²) < 4.78 is 10.7. The average molecular weight is 366 g/mol. The fourth-order valence-corrected chi connectivity index (χ4v) is 4.29. The second kappa shape index (κ2) is 6.74. The molecule has 1 N–H and O–H groups in total. The van der Waals surface area contributed by atoms with Gasteiger partial charge in [0.1, 0.15) is 0 Å². The van der Waals surface area contributed by atoms with E-state index < -0.39 is 0 Å². The summed E-state index contributed by atoms with van der Waals surface area (Å²) >= 11 is 0. The highest BCUT2D eigenvalue weighted by Gasteiger charge is 2.42. The number of hydrogen-bond acceptors (Lipinski definition) is 5. The van der Waals surface area contributed by atoms with E-state index in [0.29, 0.717) is 23.5 Å². The molecule has 2 saturated heterocycles. The zero-order valence-corrected chi connectivity index (χ0v) is 15.0. The first-order valence-corrected chi connectivity index (χ1v) is 9.36. The van der Waals surface area contributed by atoms with E-state index in [9.17, 15) is 4.79 Å². The largest absolute Gasteiger partial charge is 0.454 e. The van der Waals surface area contributed by atoms with Gasteiger partial charge in [0.25, 0.3) is 0 Å². The first-order valence-electron chi connectivity index (χ1n) is 9.36. The molecule has 1 aromatic heterocycles. The van der Waals surface area contributed by atoms with Crippen LogP contribution in [-0.4, -0.2) is 53.3 Å². The van der Waals surface area contributed by atoms with Crippen molar-refractivity contribution in [1.82, 2.24) is 14.8 Å². The predicted octanol–water partition coefficient (Wildman–Crippen LogP) is 2.55. The van der Waals surface area contributed by atoms with Gasteiger partial charge in [-0.2, -0.15) is 0 Å². The Morgan fingerprint density at radius 1 is 1.19 bits per heavy atom. The Bertz CT molecular complexity index is 844. The molecule has 2 aromatic rings. The standard InChI is InChI=1S/C20H22N4O3/c25-20(22-15-4-5-18-19(9-15)27-13-26-18)24-10-14-6-8-23(17(14)12-24)11-16-3-1-2-7-21-16/h1-5,7,9,14,17H,6,8,10-13H2,(H,22,25)/t14-,17+/m1/s1. The Morgan fingerprint density at radius 2 is 2.11 bits per heavy atom. The average Bonchev–Trinajstić information content (AvgIpc) is 3.39. The van der Waals surface area contributed by atoms with E-state index in [-0.39, 0.29) is 12.8 Å². The fraction of sp³-hybridized carbons (Fsp3) is 0.400. The third-order valence-corrected chi connectivity index (χ3v) is 5.66. The molecule has 140 valence electrons. The number of likely N-dealkylation sites (tertiary alicyclic amines) is 2. The lowest BCUT2D eigenvalue weighted by Gasteiger charge is -2.24. The minimum atomic E-state index is -0.0546. The van der Waals surface area contributed by atoms with E-state index in [4.69, 9.17) is 9.47 Å². The minimum absolute atomic E-state index is 0.0546. The lowest BCUT2D eigenvalue weighted by Crippen LogP contribution is -2.38. The third-order valence-electron chi connectivity index (χ3n) is 5.66. The van der Waals surface area contributed by atoms with Crippen LogP contribution >= 0.6 is 0 Å². The van der Waals surface area contributed by atoms with E-state index in [0.717, 1.165) is 44.0 Å². The van der Waals surface area contributed by atoms with Gasteiger partial charge in [-0.3, -0.25) is 9.88 Å². The molecule has 0 aliphatic carbocycles. The van der Waals surface area contributed by atoms with Gasteiger partial charge in [-0.1, -0.05) is 6.07 Å². The monoisotopic (exact) mass is 366 g/mol. The summed E-state index contributed by atoms with van der Waals surface area (Å²) in [5, 5.41) is 2.99. The summed E-state index contributed by atoms with van der Waals surface area (Å²) in [7, 11) is 0. The summed E-state index contributed by atoms with van der Waals surface area (Å²) in [6.07, 6.45) is 2.97. The molecule has 2 fully saturated rings. The Labute approximate surface area is 157 Å². The van der Waals surface area contributed by atoms with Crippen molar-refractivity contribution in [3.05, 3.63) is 48.3 Å². The molecule has 5 rings (SSSR count). The van der Waals surface area contributed by atoms with Crippen LogP contribution in [0, 0.1) is 5.92 Å². The highest BCUT2D eigenvalue weighted by molar-refractivity contribution is 5.90. The summed E-state index contributed by atoms with van der Waals surface area (Å²) in [5.74, 6) is 1.93. The van der Waals surface area contributed by atoms with Gasteiger partial charge in [0, 0.05) is 43.6 Å². The Balaban J connectivity index is 1.22. The lowest BCUT2D eigenvalue weighted by molar-refractivity contribution is 0.174. The van der Waals surface area contributed by atoms with Gasteiger partial charge >= 0.3 is 6.03 Å². The van der Waals surface area contributed by atoms with E-state index >= 15 is 0 Å². The second-order valence-corrected chi connectivity index (χ2v) is 7.31. The summed E-state index contributed by atoms with van der Waals surface area (Å²) in [6, 6.07) is 11.9. The third kappa shape index (κ3) is 3.19. The maximum atomic E-state index is 12.7. The fourth-order valence-electron chi connectivity index (χ4n) is 4.29. The summed E-state index contributed by atoms with van der Waals surface area (Å²) in [5.41, 5.74) is 1.81. The van der Waals surface area contributed by atoms with Crippen molar-refractivity contribution < 1.29 is 14.3 Å². The molecule has 0 saturated carbocycles. The normalized spacial score (nSPS) is 23.5. The lowest BCUT2D eigenvalue weighted by atomic mass is 10.1. The number of benzene rings is 1. The molecule has 0 radical (unpaired) electrons. The molecule has 2 amide bonds. The zero-order chi connectivity index (χ0) is 18.2. The van der Waals surface area contributed by atoms with Gasteiger partial charge in [-0.15, -0.1) is 0 Å². The zero-order valence-electron chi connectivity index (χ0n) is 15.0. The molecule has 0 spiro atoms. The van der Waals surface area contributed by atoms with E-state index in [1.165, 1.54) is 0 Å². The van der Waals surface area contributed by atoms with Crippen molar-refractivity contribution in [2.24, 2.45) is 5.92 Å². The van der Waals surface area contributed by atoms with Gasteiger partial charge in [-0.05, 0) is 43.1 Å². The Kier molecular flexibility index (Phi) is 4.09. The van der Waals surface area contributed by atoms with Crippen LogP contribution in [0.4, 0.5) is 10.5 Å². The van der Waals surface area contributed by atoms with Crippen LogP contribution in [0.3, 0.4) is 0 Å². The number of nitrogens with one attached hydrogen (secondary N) is 1. The van der Waals surface area contributed by atoms with Crippen LogP contribution in [0.25, 0.3) is 0 Å². The molecule has 3 aliphatic heterocycles. The number of carbonyl (C=O) groups is 1. The van der Waals surface area contributed by atoms with Gasteiger partial charge in [0.15, 0.2) is 11.5 Å². The van der Waals surface area contributed by atoms with Crippen LogP contribution < -0.4 is 14.8 Å². The first kappa shape index (κ1) is 16.4. The quantitative estimate of drug-likeness (QED) is 0.904. The maximum Gasteiger partial charge on any atom is 0.321 e. The van der Waals surface area contributed by atoms with Gasteiger partial charge < -0.3 is 19.7 Å². The topological polar surface area (TPSA) is 66.9 Å². The van der Waals surface area contributed by atoms with Crippen LogP contribution in [0.1, 0.15) is 12.1 Å². The molecule has 0 unspecified atom stereocenters. The van der Waals surface area contributed by atoms with Crippen molar-refractivity contribution in [2.75, 3.05) is 31.7 Å². The van der Waals surface area contributed by atoms with Gasteiger partial charge in [0.05, 0.1) is 5.69 Å². The van der Waals surface area contributed by atoms with Crippen LogP contribution in [0.2, 0.25) is 0 Å². The van der Waals surface area contributed by atoms with Crippen molar-refractivity contribution in [1.29, 1.82) is 0 Å².